The first kappa shape index (κ1) is 21.8. The monoisotopic (exact) mass is 407 g/mol. The van der Waals surface area contributed by atoms with Crippen molar-refractivity contribution in [1.82, 2.24) is 5.32 Å². The summed E-state index contributed by atoms with van der Waals surface area (Å²) in [6.45, 7) is -0.539. The van der Waals surface area contributed by atoms with Crippen molar-refractivity contribution in [2.45, 2.75) is 31.6 Å². The van der Waals surface area contributed by atoms with E-state index in [4.69, 9.17) is 14.6 Å². The molecule has 29 heavy (non-hydrogen) atoms. The number of amides is 1. The molecule has 2 rings (SSSR count). The third kappa shape index (κ3) is 7.21. The number of ether oxygens (including phenoxy) is 2. The summed E-state index contributed by atoms with van der Waals surface area (Å²) in [4.78, 5) is 34.8. The second-order valence-corrected chi connectivity index (χ2v) is 6.06. The molecular formula is C20H19F2NO6. The van der Waals surface area contributed by atoms with Gasteiger partial charge in [0.1, 0.15) is 19.6 Å². The van der Waals surface area contributed by atoms with Crippen molar-refractivity contribution in [1.29, 1.82) is 0 Å². The van der Waals surface area contributed by atoms with Gasteiger partial charge in [-0.15, -0.1) is 0 Å². The van der Waals surface area contributed by atoms with Crippen LogP contribution in [0.5, 0.6) is 0 Å². The van der Waals surface area contributed by atoms with Crippen LogP contribution in [0.4, 0.5) is 13.6 Å². The average Bonchev–Trinajstić information content (AvgIpc) is 2.69. The number of carboxylic acids is 1. The Balaban J connectivity index is 2.04. The van der Waals surface area contributed by atoms with Gasteiger partial charge in [-0.05, 0) is 11.1 Å². The van der Waals surface area contributed by atoms with Gasteiger partial charge in [-0.25, -0.2) is 18.4 Å². The smallest absolute Gasteiger partial charge is 0.408 e. The Labute approximate surface area is 165 Å². The number of benzene rings is 2. The van der Waals surface area contributed by atoms with Gasteiger partial charge >= 0.3 is 18.0 Å². The Morgan fingerprint density at radius 1 is 0.897 bits per heavy atom. The highest BCUT2D eigenvalue weighted by atomic mass is 19.3. The van der Waals surface area contributed by atoms with Crippen molar-refractivity contribution in [3.63, 3.8) is 0 Å². The molecule has 154 valence electrons. The molecule has 0 aliphatic rings. The number of rotatable bonds is 9. The van der Waals surface area contributed by atoms with Gasteiger partial charge in [0.05, 0.1) is 0 Å². The van der Waals surface area contributed by atoms with Crippen molar-refractivity contribution < 1.29 is 37.7 Å². The zero-order chi connectivity index (χ0) is 21.3. The highest BCUT2D eigenvalue weighted by Gasteiger charge is 2.48. The normalized spacial score (nSPS) is 11.9. The molecule has 0 spiro atoms. The summed E-state index contributed by atoms with van der Waals surface area (Å²) in [5.74, 6) is -7.40. The predicted molar refractivity (Wildman–Crippen MR) is 97.0 cm³/mol. The van der Waals surface area contributed by atoms with Gasteiger partial charge in [0.2, 0.25) is 0 Å². The lowest BCUT2D eigenvalue weighted by atomic mass is 10.1. The number of hydrogen-bond donors (Lipinski definition) is 2. The fourth-order valence-electron chi connectivity index (χ4n) is 2.34. The van der Waals surface area contributed by atoms with E-state index < -0.39 is 36.4 Å². The summed E-state index contributed by atoms with van der Waals surface area (Å²) in [6.07, 6.45) is -2.97. The van der Waals surface area contributed by atoms with E-state index in [1.807, 2.05) is 0 Å². The van der Waals surface area contributed by atoms with Crippen molar-refractivity contribution in [3.05, 3.63) is 71.8 Å². The largest absolute Gasteiger partial charge is 0.481 e. The Bertz CT molecular complexity index is 829. The first-order valence-corrected chi connectivity index (χ1v) is 8.55. The van der Waals surface area contributed by atoms with Crippen LogP contribution in [0.15, 0.2) is 60.7 Å². The van der Waals surface area contributed by atoms with Crippen LogP contribution >= 0.6 is 0 Å². The Morgan fingerprint density at radius 3 is 1.86 bits per heavy atom. The standard InChI is InChI=1S/C20H19F2NO6/c21-20(22,11-16(24)25)17(18(26)28-12-14-7-3-1-4-8-14)23-19(27)29-13-15-9-5-2-6-10-15/h1-10,17H,11-13H2,(H,23,27)(H,24,25). The maximum Gasteiger partial charge on any atom is 0.408 e. The highest BCUT2D eigenvalue weighted by Crippen LogP contribution is 2.25. The van der Waals surface area contributed by atoms with Gasteiger partial charge in [0.25, 0.3) is 5.92 Å². The first-order chi connectivity index (χ1) is 13.8. The van der Waals surface area contributed by atoms with Gasteiger partial charge in [-0.3, -0.25) is 4.79 Å². The van der Waals surface area contributed by atoms with E-state index in [9.17, 15) is 23.2 Å². The predicted octanol–water partition coefficient (Wildman–Crippen LogP) is 3.13. The second kappa shape index (κ2) is 10.2. The van der Waals surface area contributed by atoms with Gasteiger partial charge in [0, 0.05) is 0 Å². The van der Waals surface area contributed by atoms with Crippen molar-refractivity contribution in [2.75, 3.05) is 0 Å². The Kier molecular flexibility index (Phi) is 7.64. The molecule has 9 heteroatoms. The number of alkyl carbamates (subject to hydrolysis) is 1. The van der Waals surface area contributed by atoms with Crippen LogP contribution in [-0.2, 0) is 32.3 Å². The first-order valence-electron chi connectivity index (χ1n) is 8.55. The van der Waals surface area contributed by atoms with Crippen LogP contribution in [0.3, 0.4) is 0 Å². The van der Waals surface area contributed by atoms with E-state index in [0.29, 0.717) is 11.1 Å². The van der Waals surface area contributed by atoms with E-state index >= 15 is 0 Å². The molecule has 0 saturated heterocycles. The molecule has 0 radical (unpaired) electrons. The van der Waals surface area contributed by atoms with Crippen LogP contribution < -0.4 is 5.32 Å². The van der Waals surface area contributed by atoms with Gasteiger partial charge in [-0.1, -0.05) is 60.7 Å². The van der Waals surface area contributed by atoms with Gasteiger partial charge in [-0.2, -0.15) is 0 Å². The molecule has 2 aromatic carbocycles. The number of alkyl halides is 2. The Hall–Kier alpha value is -3.49. The minimum atomic E-state index is -4.09. The lowest BCUT2D eigenvalue weighted by Crippen LogP contribution is -2.54. The zero-order valence-corrected chi connectivity index (χ0v) is 15.2. The molecule has 0 saturated carbocycles. The molecule has 0 fully saturated rings. The molecule has 1 amide bonds. The second-order valence-electron chi connectivity index (χ2n) is 6.06. The SMILES string of the molecule is O=C(O)CC(F)(F)C(NC(=O)OCc1ccccc1)C(=O)OCc1ccccc1. The lowest BCUT2D eigenvalue weighted by Gasteiger charge is -2.24. The van der Waals surface area contributed by atoms with Crippen molar-refractivity contribution >= 4 is 18.0 Å². The average molecular weight is 407 g/mol. The highest BCUT2D eigenvalue weighted by molar-refractivity contribution is 5.83. The number of carboxylic acid groups (broad SMARTS) is 1. The Morgan fingerprint density at radius 2 is 1.38 bits per heavy atom. The van der Waals surface area contributed by atoms with E-state index in [2.05, 4.69) is 0 Å². The summed E-state index contributed by atoms with van der Waals surface area (Å²) in [5, 5.41) is 10.4. The fraction of sp³-hybridized carbons (Fsp3) is 0.250. The van der Waals surface area contributed by atoms with Crippen LogP contribution in [-0.4, -0.2) is 35.1 Å². The summed E-state index contributed by atoms with van der Waals surface area (Å²) in [7, 11) is 0. The molecule has 0 aliphatic carbocycles. The van der Waals surface area contributed by atoms with E-state index in [1.54, 1.807) is 66.0 Å². The van der Waals surface area contributed by atoms with Gasteiger partial charge < -0.3 is 19.9 Å². The summed E-state index contributed by atoms with van der Waals surface area (Å²) < 4.78 is 38.2. The molecular weight excluding hydrogens is 388 g/mol. The molecule has 2 aromatic rings. The molecule has 2 N–H and O–H groups in total. The molecule has 0 aromatic heterocycles. The summed E-state index contributed by atoms with van der Waals surface area (Å²) in [5.41, 5.74) is 1.14. The third-order valence-corrected chi connectivity index (χ3v) is 3.74. The fourth-order valence-corrected chi connectivity index (χ4v) is 2.34. The number of aliphatic carboxylic acids is 1. The summed E-state index contributed by atoms with van der Waals surface area (Å²) in [6, 6.07) is 14.2. The topological polar surface area (TPSA) is 102 Å². The zero-order valence-electron chi connectivity index (χ0n) is 15.2. The number of hydrogen-bond acceptors (Lipinski definition) is 5. The van der Waals surface area contributed by atoms with Gasteiger partial charge in [0.15, 0.2) is 6.04 Å². The number of halogens is 2. The molecule has 1 unspecified atom stereocenters. The van der Waals surface area contributed by atoms with Crippen molar-refractivity contribution in [3.8, 4) is 0 Å². The lowest BCUT2D eigenvalue weighted by molar-refractivity contribution is -0.163. The molecule has 1 atom stereocenters. The van der Waals surface area contributed by atoms with Crippen molar-refractivity contribution in [2.24, 2.45) is 0 Å². The van der Waals surface area contributed by atoms with E-state index in [1.165, 1.54) is 0 Å². The van der Waals surface area contributed by atoms with Crippen LogP contribution in [0.25, 0.3) is 0 Å². The third-order valence-electron chi connectivity index (χ3n) is 3.74. The van der Waals surface area contributed by atoms with Crippen LogP contribution in [0.1, 0.15) is 17.5 Å². The maximum absolute atomic E-state index is 14.3. The minimum Gasteiger partial charge on any atom is -0.481 e. The molecule has 0 bridgehead atoms. The van der Waals surface area contributed by atoms with E-state index in [-0.39, 0.29) is 13.2 Å². The number of carbonyl (C=O) groups excluding carboxylic acids is 2. The minimum absolute atomic E-state index is 0.219. The molecule has 0 aliphatic heterocycles. The summed E-state index contributed by atoms with van der Waals surface area (Å²) >= 11 is 0. The number of nitrogens with one attached hydrogen (secondary N) is 1. The maximum atomic E-state index is 14.3. The quantitative estimate of drug-likeness (QED) is 0.620. The number of esters is 1. The van der Waals surface area contributed by atoms with Crippen LogP contribution in [0.2, 0.25) is 0 Å². The van der Waals surface area contributed by atoms with E-state index in [0.717, 1.165) is 0 Å². The number of carbonyl (C=O) groups is 3. The molecule has 0 heterocycles. The van der Waals surface area contributed by atoms with Crippen LogP contribution in [0, 0.1) is 0 Å². The molecule has 7 nitrogen and oxygen atoms in total.